The average molecular weight is 303 g/mol. The molecule has 0 saturated heterocycles. The Morgan fingerprint density at radius 2 is 2.05 bits per heavy atom. The van der Waals surface area contributed by atoms with Gasteiger partial charge >= 0.3 is 11.5 Å². The zero-order valence-corrected chi connectivity index (χ0v) is 11.7. The first-order valence-electron chi connectivity index (χ1n) is 5.82. The van der Waals surface area contributed by atoms with Gasteiger partial charge in [-0.15, -0.1) is 0 Å². The molecule has 7 heteroatoms. The van der Waals surface area contributed by atoms with Crippen molar-refractivity contribution < 1.29 is 22.7 Å². The lowest BCUT2D eigenvalue weighted by Gasteiger charge is -2.13. The third-order valence-corrected chi connectivity index (χ3v) is 3.24. The molecule has 0 unspecified atom stereocenters. The summed E-state index contributed by atoms with van der Waals surface area (Å²) in [6.45, 7) is 3.42. The summed E-state index contributed by atoms with van der Waals surface area (Å²) >= 11 is -0.409. The number of hydrogen-bond acceptors (Lipinski definition) is 4. The number of halogens is 3. The number of carbonyl (C=O) groups is 1. The zero-order chi connectivity index (χ0) is 15.3. The van der Waals surface area contributed by atoms with Crippen LogP contribution in [0.1, 0.15) is 35.3 Å². The van der Waals surface area contributed by atoms with E-state index in [0.717, 1.165) is 0 Å². The monoisotopic (exact) mass is 303 g/mol. The Kier molecular flexibility index (Phi) is 5.45. The molecule has 0 aromatic heterocycles. The number of esters is 1. The van der Waals surface area contributed by atoms with Crippen molar-refractivity contribution in [1.82, 2.24) is 0 Å². The average Bonchev–Trinajstić information content (AvgIpc) is 2.36. The van der Waals surface area contributed by atoms with Gasteiger partial charge in [-0.3, -0.25) is 0 Å². The van der Waals surface area contributed by atoms with E-state index in [9.17, 15) is 18.0 Å². The van der Waals surface area contributed by atoms with Crippen molar-refractivity contribution in [1.29, 1.82) is 5.26 Å². The quantitative estimate of drug-likeness (QED) is 0.625. The maximum absolute atomic E-state index is 12.5. The van der Waals surface area contributed by atoms with Crippen LogP contribution in [0.2, 0.25) is 0 Å². The van der Waals surface area contributed by atoms with Crippen molar-refractivity contribution in [2.24, 2.45) is 0 Å². The molecule has 0 aliphatic carbocycles. The summed E-state index contributed by atoms with van der Waals surface area (Å²) in [4.78, 5) is 11.6. The number of nitrogens with zero attached hydrogens (tertiary/aromatic N) is 1. The summed E-state index contributed by atoms with van der Waals surface area (Å²) < 4.78 is 42.2. The van der Waals surface area contributed by atoms with Gasteiger partial charge in [-0.05, 0) is 36.7 Å². The van der Waals surface area contributed by atoms with E-state index in [1.165, 1.54) is 12.1 Å². The van der Waals surface area contributed by atoms with Gasteiger partial charge in [0.1, 0.15) is 6.07 Å². The molecule has 0 aliphatic heterocycles. The Bertz CT molecular complexity index is 550. The molecule has 20 heavy (non-hydrogen) atoms. The van der Waals surface area contributed by atoms with E-state index < -0.39 is 23.2 Å². The lowest BCUT2D eigenvalue weighted by molar-refractivity contribution is -0.0328. The molecule has 0 fully saturated rings. The minimum Gasteiger partial charge on any atom is -0.462 e. The van der Waals surface area contributed by atoms with Gasteiger partial charge in [0.25, 0.3) is 0 Å². The highest BCUT2D eigenvalue weighted by molar-refractivity contribution is 8.00. The molecule has 0 atom stereocenters. The van der Waals surface area contributed by atoms with E-state index in [0.29, 0.717) is 12.0 Å². The number of aryl methyl sites for hydroxylation is 1. The lowest BCUT2D eigenvalue weighted by Crippen LogP contribution is -2.12. The molecule has 0 radical (unpaired) electrons. The third-order valence-electron chi connectivity index (χ3n) is 2.45. The fourth-order valence-corrected chi connectivity index (χ4v) is 2.31. The Morgan fingerprint density at radius 1 is 1.40 bits per heavy atom. The number of carbonyl (C=O) groups excluding carboxylic acids is 1. The van der Waals surface area contributed by atoms with Crippen LogP contribution in [0.3, 0.4) is 0 Å². The first-order valence-corrected chi connectivity index (χ1v) is 6.64. The molecule has 0 spiro atoms. The maximum atomic E-state index is 12.5. The molecule has 108 valence electrons. The van der Waals surface area contributed by atoms with Crippen molar-refractivity contribution >= 4 is 17.7 Å². The number of nitriles is 1. The van der Waals surface area contributed by atoms with Gasteiger partial charge in [0.2, 0.25) is 0 Å². The van der Waals surface area contributed by atoms with Crippen LogP contribution in [-0.4, -0.2) is 18.1 Å². The minimum absolute atomic E-state index is 0.0777. The first kappa shape index (κ1) is 16.4. The lowest BCUT2D eigenvalue weighted by atomic mass is 10.00. The highest BCUT2D eigenvalue weighted by Crippen LogP contribution is 2.40. The largest absolute Gasteiger partial charge is 0.462 e. The highest BCUT2D eigenvalue weighted by atomic mass is 32.2. The van der Waals surface area contributed by atoms with Crippen LogP contribution in [-0.2, 0) is 11.2 Å². The van der Waals surface area contributed by atoms with Crippen LogP contribution in [0.15, 0.2) is 17.0 Å². The third kappa shape index (κ3) is 3.90. The predicted molar refractivity (Wildman–Crippen MR) is 68.4 cm³/mol. The van der Waals surface area contributed by atoms with Crippen LogP contribution in [0.5, 0.6) is 0 Å². The summed E-state index contributed by atoms with van der Waals surface area (Å²) in [5, 5.41) is 9.09. The Morgan fingerprint density at radius 3 is 2.50 bits per heavy atom. The van der Waals surface area contributed by atoms with Crippen molar-refractivity contribution in [3.8, 4) is 6.07 Å². The minimum atomic E-state index is -4.52. The molecule has 0 aliphatic rings. The smallest absolute Gasteiger partial charge is 0.446 e. The molecule has 1 aromatic rings. The van der Waals surface area contributed by atoms with Crippen molar-refractivity contribution in [3.63, 3.8) is 0 Å². The van der Waals surface area contributed by atoms with E-state index in [4.69, 9.17) is 10.00 Å². The molecular weight excluding hydrogens is 291 g/mol. The molecular formula is C13H12F3NO2S. The van der Waals surface area contributed by atoms with Crippen LogP contribution >= 0.6 is 11.8 Å². The van der Waals surface area contributed by atoms with E-state index in [1.54, 1.807) is 19.9 Å². The second kappa shape index (κ2) is 6.66. The number of rotatable bonds is 4. The summed E-state index contributed by atoms with van der Waals surface area (Å²) in [6, 6.07) is 4.30. The van der Waals surface area contributed by atoms with Gasteiger partial charge in [0.05, 0.1) is 17.7 Å². The van der Waals surface area contributed by atoms with Crippen LogP contribution in [0, 0.1) is 11.3 Å². The molecule has 0 bridgehead atoms. The van der Waals surface area contributed by atoms with E-state index in [-0.39, 0.29) is 22.6 Å². The van der Waals surface area contributed by atoms with Gasteiger partial charge in [-0.25, -0.2) is 4.79 Å². The molecule has 0 N–H and O–H groups in total. The van der Waals surface area contributed by atoms with Crippen molar-refractivity contribution in [2.45, 2.75) is 30.7 Å². The standard InChI is InChI=1S/C13H12F3NO2S/c1-3-8-5-6-10(20-13(14,15)16)9(7-17)11(8)12(18)19-4-2/h5-6H,3-4H2,1-2H3. The zero-order valence-electron chi connectivity index (χ0n) is 10.9. The number of benzene rings is 1. The van der Waals surface area contributed by atoms with Crippen molar-refractivity contribution in [2.75, 3.05) is 6.61 Å². The van der Waals surface area contributed by atoms with Crippen LogP contribution < -0.4 is 0 Å². The highest BCUT2D eigenvalue weighted by Gasteiger charge is 2.32. The van der Waals surface area contributed by atoms with Gasteiger partial charge in [-0.1, -0.05) is 13.0 Å². The topological polar surface area (TPSA) is 50.1 Å². The van der Waals surface area contributed by atoms with Gasteiger partial charge in [0.15, 0.2) is 0 Å². The second-order valence-electron chi connectivity index (χ2n) is 3.71. The van der Waals surface area contributed by atoms with Gasteiger partial charge in [0, 0.05) is 4.90 Å². The first-order chi connectivity index (χ1) is 9.34. The number of ether oxygens (including phenoxy) is 1. The normalized spacial score (nSPS) is 11.0. The number of hydrogen-bond donors (Lipinski definition) is 0. The number of alkyl halides is 3. The SMILES string of the molecule is CCOC(=O)c1c(CC)ccc(SC(F)(F)F)c1C#N. The Balaban J connectivity index is 3.41. The molecule has 1 rings (SSSR count). The van der Waals surface area contributed by atoms with E-state index in [2.05, 4.69) is 0 Å². The number of thioether (sulfide) groups is 1. The summed E-state index contributed by atoms with van der Waals surface area (Å²) in [5.74, 6) is -0.773. The molecule has 3 nitrogen and oxygen atoms in total. The van der Waals surface area contributed by atoms with Gasteiger partial charge < -0.3 is 4.74 Å². The molecule has 1 aromatic carbocycles. The second-order valence-corrected chi connectivity index (χ2v) is 4.81. The Hall–Kier alpha value is -1.68. The summed E-state index contributed by atoms with van der Waals surface area (Å²) in [5.41, 5.74) is -4.40. The molecule has 0 heterocycles. The van der Waals surface area contributed by atoms with Crippen molar-refractivity contribution in [3.05, 3.63) is 28.8 Å². The van der Waals surface area contributed by atoms with Crippen LogP contribution in [0.25, 0.3) is 0 Å². The summed E-state index contributed by atoms with van der Waals surface area (Å²) in [7, 11) is 0. The van der Waals surface area contributed by atoms with E-state index >= 15 is 0 Å². The predicted octanol–water partition coefficient (Wildman–Crippen LogP) is 3.91. The maximum Gasteiger partial charge on any atom is 0.446 e. The van der Waals surface area contributed by atoms with Crippen LogP contribution in [0.4, 0.5) is 13.2 Å². The Labute approximate surface area is 118 Å². The fourth-order valence-electron chi connectivity index (χ4n) is 1.68. The molecule has 0 amide bonds. The molecule has 0 saturated carbocycles. The summed E-state index contributed by atoms with van der Waals surface area (Å²) in [6.07, 6.45) is 0.416. The van der Waals surface area contributed by atoms with Gasteiger partial charge in [-0.2, -0.15) is 18.4 Å². The fraction of sp³-hybridized carbons (Fsp3) is 0.385. The van der Waals surface area contributed by atoms with E-state index in [1.807, 2.05) is 0 Å².